The Morgan fingerprint density at radius 3 is 2.27 bits per heavy atom. The van der Waals surface area contributed by atoms with Gasteiger partial charge in [0.15, 0.2) is 5.82 Å². The lowest BCUT2D eigenvalue weighted by Gasteiger charge is -2.21. The van der Waals surface area contributed by atoms with E-state index in [4.69, 9.17) is 0 Å². The zero-order valence-electron chi connectivity index (χ0n) is 16.6. The summed E-state index contributed by atoms with van der Waals surface area (Å²) in [5.41, 5.74) is 9.42. The van der Waals surface area contributed by atoms with Crippen molar-refractivity contribution in [2.45, 2.75) is 34.6 Å². The number of benzene rings is 1. The third-order valence-electron chi connectivity index (χ3n) is 5.22. The molecule has 5 nitrogen and oxygen atoms in total. The first-order valence-corrected chi connectivity index (χ1v) is 9.14. The van der Waals surface area contributed by atoms with Crippen molar-refractivity contribution in [2.24, 2.45) is 7.05 Å². The number of aryl methyl sites for hydroxylation is 4. The predicted molar refractivity (Wildman–Crippen MR) is 108 cm³/mol. The molecule has 2 heterocycles. The van der Waals surface area contributed by atoms with Crippen molar-refractivity contribution >= 4 is 16.9 Å². The average molecular weight is 352 g/mol. The fourth-order valence-electron chi connectivity index (χ4n) is 4.01. The molecule has 0 aliphatic rings. The number of rotatable bonds is 5. The van der Waals surface area contributed by atoms with Crippen LogP contribution in [0, 0.1) is 27.7 Å². The molecular weight excluding hydrogens is 324 g/mol. The summed E-state index contributed by atoms with van der Waals surface area (Å²) < 4.78 is 2.18. The summed E-state index contributed by atoms with van der Waals surface area (Å²) in [6, 6.07) is 4.46. The van der Waals surface area contributed by atoms with Crippen LogP contribution < -0.4 is 4.90 Å². The number of hydrogen-bond donors (Lipinski definition) is 1. The van der Waals surface area contributed by atoms with Crippen LogP contribution in [0.3, 0.4) is 0 Å². The third-order valence-corrected chi connectivity index (χ3v) is 5.22. The van der Waals surface area contributed by atoms with Gasteiger partial charge in [-0.3, -0.25) is 0 Å². The van der Waals surface area contributed by atoms with Crippen molar-refractivity contribution in [2.75, 3.05) is 24.6 Å². The number of nitrogens with zero attached hydrogens (tertiary/aromatic N) is 4. The Labute approximate surface area is 155 Å². The molecule has 1 N–H and O–H groups in total. The molecule has 0 aliphatic carbocycles. The van der Waals surface area contributed by atoms with Gasteiger partial charge in [0.05, 0.1) is 6.61 Å². The lowest BCUT2D eigenvalue weighted by Crippen LogP contribution is -2.27. The molecule has 26 heavy (non-hydrogen) atoms. The fraction of sp³-hybridized carbons (Fsp3) is 0.429. The number of likely N-dealkylation sites (N-methyl/N-ethyl adjacent to an activating group) is 1. The molecule has 5 heteroatoms. The molecule has 138 valence electrons. The Morgan fingerprint density at radius 2 is 1.69 bits per heavy atom. The number of aliphatic hydroxyl groups is 1. The number of fused-ring (bicyclic) bond motifs is 1. The van der Waals surface area contributed by atoms with Crippen LogP contribution in [0.2, 0.25) is 0 Å². The van der Waals surface area contributed by atoms with Crippen LogP contribution in [-0.2, 0) is 7.05 Å². The van der Waals surface area contributed by atoms with E-state index >= 15 is 0 Å². The SMILES string of the molecule is CCN(CCO)c1ncnc2c(-c3c(C)cc(C)cc3C)c(C)n(C)c12. The molecule has 0 fully saturated rings. The maximum atomic E-state index is 9.42. The highest BCUT2D eigenvalue weighted by Crippen LogP contribution is 2.39. The molecule has 0 saturated heterocycles. The maximum Gasteiger partial charge on any atom is 0.156 e. The average Bonchev–Trinajstić information content (AvgIpc) is 2.84. The first kappa shape index (κ1) is 18.4. The van der Waals surface area contributed by atoms with Crippen molar-refractivity contribution < 1.29 is 5.11 Å². The monoisotopic (exact) mass is 352 g/mol. The molecular formula is C21H28N4O. The Kier molecular flexibility index (Phi) is 5.01. The molecule has 0 bridgehead atoms. The minimum absolute atomic E-state index is 0.103. The van der Waals surface area contributed by atoms with Crippen molar-refractivity contribution in [1.82, 2.24) is 14.5 Å². The molecule has 3 aromatic rings. The summed E-state index contributed by atoms with van der Waals surface area (Å²) >= 11 is 0. The summed E-state index contributed by atoms with van der Waals surface area (Å²) in [5.74, 6) is 0.880. The first-order chi connectivity index (χ1) is 12.4. The van der Waals surface area contributed by atoms with Crippen LogP contribution >= 0.6 is 0 Å². The first-order valence-electron chi connectivity index (χ1n) is 9.14. The van der Waals surface area contributed by atoms with Crippen LogP contribution in [-0.4, -0.2) is 39.3 Å². The number of anilines is 1. The van der Waals surface area contributed by atoms with Gasteiger partial charge in [-0.25, -0.2) is 9.97 Å². The van der Waals surface area contributed by atoms with Gasteiger partial charge in [-0.2, -0.15) is 0 Å². The summed E-state index contributed by atoms with van der Waals surface area (Å²) in [4.78, 5) is 11.3. The fourth-order valence-corrected chi connectivity index (χ4v) is 4.01. The predicted octanol–water partition coefficient (Wildman–Crippen LogP) is 3.69. The topological polar surface area (TPSA) is 54.2 Å². The van der Waals surface area contributed by atoms with Crippen molar-refractivity contribution in [3.63, 3.8) is 0 Å². The van der Waals surface area contributed by atoms with Crippen LogP contribution in [0.1, 0.15) is 29.3 Å². The minimum Gasteiger partial charge on any atom is -0.395 e. The van der Waals surface area contributed by atoms with Crippen LogP contribution in [0.5, 0.6) is 0 Å². The Hall–Kier alpha value is -2.40. The van der Waals surface area contributed by atoms with Crippen molar-refractivity contribution in [1.29, 1.82) is 0 Å². The Bertz CT molecular complexity index is 935. The summed E-state index contributed by atoms with van der Waals surface area (Å²) in [6.45, 7) is 12.1. The van der Waals surface area contributed by atoms with E-state index in [0.29, 0.717) is 6.54 Å². The van der Waals surface area contributed by atoms with Crippen molar-refractivity contribution in [3.05, 3.63) is 40.8 Å². The minimum atomic E-state index is 0.103. The van der Waals surface area contributed by atoms with E-state index in [1.54, 1.807) is 6.33 Å². The molecule has 0 saturated carbocycles. The highest BCUT2D eigenvalue weighted by Gasteiger charge is 2.22. The van der Waals surface area contributed by atoms with E-state index < -0.39 is 0 Å². The smallest absolute Gasteiger partial charge is 0.156 e. The number of aliphatic hydroxyl groups excluding tert-OH is 1. The second kappa shape index (κ2) is 7.08. The standard InChI is InChI=1S/C21H28N4O/c1-7-25(8-9-26)21-20-19(22-12-23-21)18(16(5)24(20)6)17-14(3)10-13(2)11-15(17)4/h10-12,26H,7-9H2,1-6H3. The summed E-state index contributed by atoms with van der Waals surface area (Å²) in [7, 11) is 2.07. The van der Waals surface area contributed by atoms with E-state index in [9.17, 15) is 5.11 Å². The Morgan fingerprint density at radius 1 is 1.04 bits per heavy atom. The van der Waals surface area contributed by atoms with Gasteiger partial charge in [0.2, 0.25) is 0 Å². The molecule has 0 amide bonds. The van der Waals surface area contributed by atoms with Crippen molar-refractivity contribution in [3.8, 4) is 11.1 Å². The highest BCUT2D eigenvalue weighted by atomic mass is 16.3. The zero-order chi connectivity index (χ0) is 19.0. The largest absolute Gasteiger partial charge is 0.395 e. The molecule has 0 atom stereocenters. The normalized spacial score (nSPS) is 11.3. The lowest BCUT2D eigenvalue weighted by molar-refractivity contribution is 0.302. The summed E-state index contributed by atoms with van der Waals surface area (Å²) in [6.07, 6.45) is 1.64. The zero-order valence-corrected chi connectivity index (χ0v) is 16.6. The number of aromatic nitrogens is 3. The number of hydrogen-bond acceptors (Lipinski definition) is 4. The summed E-state index contributed by atoms with van der Waals surface area (Å²) in [5, 5.41) is 9.42. The Balaban J connectivity index is 2.35. The van der Waals surface area contributed by atoms with E-state index in [-0.39, 0.29) is 6.61 Å². The van der Waals surface area contributed by atoms with Crippen LogP contribution in [0.25, 0.3) is 22.2 Å². The van der Waals surface area contributed by atoms with Gasteiger partial charge >= 0.3 is 0 Å². The van der Waals surface area contributed by atoms with Gasteiger partial charge in [0.25, 0.3) is 0 Å². The van der Waals surface area contributed by atoms with E-state index in [0.717, 1.165) is 23.4 Å². The van der Waals surface area contributed by atoms with Gasteiger partial charge in [-0.1, -0.05) is 17.7 Å². The molecule has 3 rings (SSSR count). The highest BCUT2D eigenvalue weighted by molar-refractivity contribution is 6.01. The lowest BCUT2D eigenvalue weighted by atomic mass is 9.93. The molecule has 0 radical (unpaired) electrons. The molecule has 0 unspecified atom stereocenters. The quantitative estimate of drug-likeness (QED) is 0.761. The van der Waals surface area contributed by atoms with E-state index in [1.165, 1.54) is 33.5 Å². The maximum absolute atomic E-state index is 9.42. The van der Waals surface area contributed by atoms with Crippen LogP contribution in [0.4, 0.5) is 5.82 Å². The van der Waals surface area contributed by atoms with Gasteiger partial charge in [0.1, 0.15) is 17.4 Å². The molecule has 0 spiro atoms. The van der Waals surface area contributed by atoms with Gasteiger partial charge in [-0.15, -0.1) is 0 Å². The van der Waals surface area contributed by atoms with E-state index in [2.05, 4.69) is 73.2 Å². The molecule has 1 aromatic carbocycles. The van der Waals surface area contributed by atoms with Gasteiger partial charge in [0, 0.05) is 31.4 Å². The second-order valence-electron chi connectivity index (χ2n) is 6.99. The second-order valence-corrected chi connectivity index (χ2v) is 6.99. The van der Waals surface area contributed by atoms with Gasteiger partial charge in [-0.05, 0) is 51.3 Å². The van der Waals surface area contributed by atoms with Gasteiger partial charge < -0.3 is 14.6 Å². The van der Waals surface area contributed by atoms with E-state index in [1.807, 2.05) is 0 Å². The molecule has 0 aliphatic heterocycles. The third kappa shape index (κ3) is 2.86. The molecule has 2 aromatic heterocycles. The van der Waals surface area contributed by atoms with Crippen LogP contribution in [0.15, 0.2) is 18.5 Å².